The monoisotopic (exact) mass is 488 g/mol. The van der Waals surface area contributed by atoms with Crippen LogP contribution in [-0.2, 0) is 24.3 Å². The average Bonchev–Trinajstić information content (AvgIpc) is 3.26. The Labute approximate surface area is 215 Å². The van der Waals surface area contributed by atoms with E-state index in [9.17, 15) is 4.79 Å². The fraction of sp³-hybridized carbons (Fsp3) is 0.467. The first-order valence-electron chi connectivity index (χ1n) is 13.3. The molecule has 1 aromatic heterocycles. The van der Waals surface area contributed by atoms with E-state index in [0.717, 1.165) is 55.2 Å². The molecule has 0 aliphatic carbocycles. The molecule has 0 N–H and O–H groups in total. The standard InChI is InChI=1S/C30H40N4O2/c1-6-24(23-13-9-8-10-14-23)30(35)33(19-22(3)4)21-26-25-20-32(7-2)18-17-27(25)34(31-26)28-15-11-12-16-29(28)36-5/h8-16,22,24H,6-7,17-21H2,1-5H3/t24-/m1/s1. The molecule has 0 saturated carbocycles. The molecular weight excluding hydrogens is 448 g/mol. The van der Waals surface area contributed by atoms with E-state index < -0.39 is 0 Å². The van der Waals surface area contributed by atoms with Crippen molar-refractivity contribution in [2.75, 3.05) is 26.7 Å². The normalized spacial score (nSPS) is 14.5. The summed E-state index contributed by atoms with van der Waals surface area (Å²) in [5.41, 5.74) is 5.50. The minimum Gasteiger partial charge on any atom is -0.494 e. The number of hydrogen-bond acceptors (Lipinski definition) is 4. The lowest BCUT2D eigenvalue weighted by Gasteiger charge is -2.30. The third-order valence-electron chi connectivity index (χ3n) is 7.13. The molecule has 0 unspecified atom stereocenters. The van der Waals surface area contributed by atoms with Gasteiger partial charge in [-0.2, -0.15) is 5.10 Å². The molecule has 3 aromatic rings. The third-order valence-corrected chi connectivity index (χ3v) is 7.13. The van der Waals surface area contributed by atoms with Crippen molar-refractivity contribution in [3.8, 4) is 11.4 Å². The first kappa shape index (κ1) is 26.0. The van der Waals surface area contributed by atoms with Gasteiger partial charge in [0.25, 0.3) is 0 Å². The van der Waals surface area contributed by atoms with Crippen molar-refractivity contribution in [1.29, 1.82) is 0 Å². The van der Waals surface area contributed by atoms with E-state index in [1.165, 1.54) is 11.3 Å². The fourth-order valence-electron chi connectivity index (χ4n) is 5.26. The maximum atomic E-state index is 13.9. The lowest BCUT2D eigenvalue weighted by molar-refractivity contribution is -0.134. The highest BCUT2D eigenvalue weighted by atomic mass is 16.5. The van der Waals surface area contributed by atoms with Gasteiger partial charge in [-0.3, -0.25) is 9.69 Å². The number of fused-ring (bicyclic) bond motifs is 1. The van der Waals surface area contributed by atoms with Crippen LogP contribution >= 0.6 is 0 Å². The Morgan fingerprint density at radius 1 is 1.08 bits per heavy atom. The molecule has 192 valence electrons. The Kier molecular flexibility index (Phi) is 8.47. The number of rotatable bonds is 10. The van der Waals surface area contributed by atoms with Gasteiger partial charge in [0.15, 0.2) is 0 Å². The lowest BCUT2D eigenvalue weighted by Crippen LogP contribution is -2.38. The van der Waals surface area contributed by atoms with Crippen molar-refractivity contribution in [1.82, 2.24) is 19.6 Å². The second kappa shape index (κ2) is 11.7. The Morgan fingerprint density at radius 3 is 2.47 bits per heavy atom. The van der Waals surface area contributed by atoms with Crippen LogP contribution < -0.4 is 4.74 Å². The van der Waals surface area contributed by atoms with Crippen LogP contribution in [-0.4, -0.2) is 52.2 Å². The van der Waals surface area contributed by atoms with E-state index in [1.54, 1.807) is 7.11 Å². The van der Waals surface area contributed by atoms with Gasteiger partial charge in [-0.15, -0.1) is 0 Å². The summed E-state index contributed by atoms with van der Waals surface area (Å²) < 4.78 is 7.73. The molecular formula is C30H40N4O2. The molecule has 6 nitrogen and oxygen atoms in total. The molecule has 36 heavy (non-hydrogen) atoms. The van der Waals surface area contributed by atoms with Crippen LogP contribution in [0.3, 0.4) is 0 Å². The molecule has 0 bridgehead atoms. The maximum Gasteiger partial charge on any atom is 0.230 e. The highest BCUT2D eigenvalue weighted by Gasteiger charge is 2.30. The van der Waals surface area contributed by atoms with Crippen molar-refractivity contribution in [3.63, 3.8) is 0 Å². The highest BCUT2D eigenvalue weighted by Crippen LogP contribution is 2.31. The summed E-state index contributed by atoms with van der Waals surface area (Å²) in [5.74, 6) is 1.20. The Morgan fingerprint density at radius 2 is 1.81 bits per heavy atom. The second-order valence-electron chi connectivity index (χ2n) is 10.1. The van der Waals surface area contributed by atoms with Crippen molar-refractivity contribution in [3.05, 3.63) is 77.1 Å². The molecule has 1 aliphatic rings. The molecule has 0 fully saturated rings. The summed E-state index contributed by atoms with van der Waals surface area (Å²) in [6.07, 6.45) is 1.70. The lowest BCUT2D eigenvalue weighted by atomic mass is 9.94. The minimum atomic E-state index is -0.149. The first-order chi connectivity index (χ1) is 17.5. The van der Waals surface area contributed by atoms with Crippen molar-refractivity contribution < 1.29 is 9.53 Å². The van der Waals surface area contributed by atoms with Gasteiger partial charge in [-0.1, -0.05) is 70.2 Å². The van der Waals surface area contributed by atoms with Gasteiger partial charge < -0.3 is 9.64 Å². The van der Waals surface area contributed by atoms with Crippen molar-refractivity contribution in [2.24, 2.45) is 5.92 Å². The topological polar surface area (TPSA) is 50.6 Å². The van der Waals surface area contributed by atoms with Crippen LogP contribution in [0.15, 0.2) is 54.6 Å². The van der Waals surface area contributed by atoms with Crippen LogP contribution in [0.1, 0.15) is 62.5 Å². The van der Waals surface area contributed by atoms with Gasteiger partial charge in [-0.25, -0.2) is 4.68 Å². The van der Waals surface area contributed by atoms with E-state index >= 15 is 0 Å². The number of amides is 1. The van der Waals surface area contributed by atoms with E-state index in [2.05, 4.69) is 55.5 Å². The summed E-state index contributed by atoms with van der Waals surface area (Å²) in [6.45, 7) is 12.7. The Bertz CT molecular complexity index is 1160. The third kappa shape index (κ3) is 5.49. The van der Waals surface area contributed by atoms with Gasteiger partial charge in [0.2, 0.25) is 5.91 Å². The van der Waals surface area contributed by atoms with Crippen LogP contribution in [0.4, 0.5) is 0 Å². The van der Waals surface area contributed by atoms with Gasteiger partial charge in [0, 0.05) is 31.6 Å². The summed E-state index contributed by atoms with van der Waals surface area (Å²) in [4.78, 5) is 18.4. The van der Waals surface area contributed by atoms with E-state index in [4.69, 9.17) is 9.84 Å². The molecule has 1 amide bonds. The zero-order valence-electron chi connectivity index (χ0n) is 22.4. The van der Waals surface area contributed by atoms with Crippen LogP contribution in [0.2, 0.25) is 0 Å². The number of methoxy groups -OCH3 is 1. The number of benzene rings is 2. The number of hydrogen-bond donors (Lipinski definition) is 0. The first-order valence-corrected chi connectivity index (χ1v) is 13.3. The number of ether oxygens (including phenoxy) is 1. The quantitative estimate of drug-likeness (QED) is 0.381. The Balaban J connectivity index is 1.74. The molecule has 2 heterocycles. The number of carbonyl (C=O) groups is 1. The molecule has 2 aromatic carbocycles. The van der Waals surface area contributed by atoms with E-state index in [-0.39, 0.29) is 11.8 Å². The predicted molar refractivity (Wildman–Crippen MR) is 144 cm³/mol. The van der Waals surface area contributed by atoms with Gasteiger partial charge in [0.1, 0.15) is 11.4 Å². The maximum absolute atomic E-state index is 13.9. The molecule has 1 aliphatic heterocycles. The van der Waals surface area contributed by atoms with Crippen molar-refractivity contribution in [2.45, 2.75) is 59.5 Å². The summed E-state index contributed by atoms with van der Waals surface area (Å²) in [5, 5.41) is 5.14. The SMILES string of the molecule is CC[C@@H](C(=O)N(Cc1nn(-c2ccccc2OC)c2c1CN(CC)CC2)CC(C)C)c1ccccc1. The van der Waals surface area contributed by atoms with Gasteiger partial charge >= 0.3 is 0 Å². The number of likely N-dealkylation sites (N-methyl/N-ethyl adjacent to an activating group) is 1. The second-order valence-corrected chi connectivity index (χ2v) is 10.1. The molecule has 6 heteroatoms. The summed E-state index contributed by atoms with van der Waals surface area (Å²) in [7, 11) is 1.70. The van der Waals surface area contributed by atoms with Crippen molar-refractivity contribution >= 4 is 5.91 Å². The minimum absolute atomic E-state index is 0.149. The largest absolute Gasteiger partial charge is 0.494 e. The zero-order valence-corrected chi connectivity index (χ0v) is 22.4. The predicted octanol–water partition coefficient (Wildman–Crippen LogP) is 5.44. The molecule has 0 spiro atoms. The van der Waals surface area contributed by atoms with Crippen LogP contribution in [0, 0.1) is 5.92 Å². The van der Waals surface area contributed by atoms with Gasteiger partial charge in [-0.05, 0) is 36.6 Å². The smallest absolute Gasteiger partial charge is 0.230 e. The number of para-hydroxylation sites is 2. The summed E-state index contributed by atoms with van der Waals surface area (Å²) in [6, 6.07) is 18.2. The van der Waals surface area contributed by atoms with Gasteiger partial charge in [0.05, 0.1) is 31.0 Å². The Hall–Kier alpha value is -3.12. The molecule has 0 radical (unpaired) electrons. The number of carbonyl (C=O) groups excluding carboxylic acids is 1. The van der Waals surface area contributed by atoms with Crippen LogP contribution in [0.25, 0.3) is 5.69 Å². The van der Waals surface area contributed by atoms with Crippen LogP contribution in [0.5, 0.6) is 5.75 Å². The molecule has 0 saturated heterocycles. The van der Waals surface area contributed by atoms with E-state index in [1.807, 2.05) is 41.3 Å². The highest BCUT2D eigenvalue weighted by molar-refractivity contribution is 5.83. The molecule has 1 atom stereocenters. The summed E-state index contributed by atoms with van der Waals surface area (Å²) >= 11 is 0. The van der Waals surface area contributed by atoms with E-state index in [0.29, 0.717) is 19.0 Å². The number of aromatic nitrogens is 2. The fourth-order valence-corrected chi connectivity index (χ4v) is 5.26. The molecule has 4 rings (SSSR count). The average molecular weight is 489 g/mol. The number of nitrogens with zero attached hydrogens (tertiary/aromatic N) is 4. The zero-order chi connectivity index (χ0) is 25.7.